The van der Waals surface area contributed by atoms with Gasteiger partial charge in [0.25, 0.3) is 0 Å². The molecular weight excluding hydrogens is 394 g/mol. The van der Waals surface area contributed by atoms with Crippen LogP contribution in [0.15, 0.2) is 11.0 Å². The monoisotopic (exact) mass is 411 g/mol. The van der Waals surface area contributed by atoms with Crippen molar-refractivity contribution in [1.82, 2.24) is 19.1 Å². The molecule has 2 aromatic rings. The van der Waals surface area contributed by atoms with Gasteiger partial charge in [0.1, 0.15) is 17.7 Å². The lowest BCUT2D eigenvalue weighted by molar-refractivity contribution is -0.241. The van der Waals surface area contributed by atoms with Crippen molar-refractivity contribution in [3.8, 4) is 0 Å². The van der Waals surface area contributed by atoms with Crippen LogP contribution in [-0.2, 0) is 11.3 Å². The molecule has 1 fully saturated rings. The highest BCUT2D eigenvalue weighted by Gasteiger charge is 2.56. The van der Waals surface area contributed by atoms with Crippen molar-refractivity contribution in [3.63, 3.8) is 0 Å². The summed E-state index contributed by atoms with van der Waals surface area (Å²) in [5.74, 6) is -0.299. The first kappa shape index (κ1) is 20.4. The van der Waals surface area contributed by atoms with Crippen molar-refractivity contribution >= 4 is 17.1 Å². The van der Waals surface area contributed by atoms with E-state index in [2.05, 4.69) is 9.97 Å². The number of aliphatic hydroxyl groups is 3. The Labute approximate surface area is 153 Å². The Morgan fingerprint density at radius 2 is 2.04 bits per heavy atom. The van der Waals surface area contributed by atoms with Crippen molar-refractivity contribution in [2.75, 3.05) is 5.73 Å². The number of halogens is 4. The molecule has 10 nitrogen and oxygen atoms in total. The lowest BCUT2D eigenvalue weighted by Crippen LogP contribution is -2.44. The topological polar surface area (TPSA) is 149 Å². The maximum Gasteiger partial charge on any atom is 0.417 e. The minimum absolute atomic E-state index is 0.0335. The number of imidazole rings is 1. The quantitative estimate of drug-likeness (QED) is 0.472. The molecule has 0 spiro atoms. The number of hydrogen-bond acceptors (Lipinski definition) is 8. The summed E-state index contributed by atoms with van der Waals surface area (Å²) in [5, 5.41) is 29.0. The van der Waals surface area contributed by atoms with Crippen LogP contribution >= 0.6 is 0 Å². The van der Waals surface area contributed by atoms with Crippen LogP contribution in [0.3, 0.4) is 0 Å². The third-order valence-corrected chi connectivity index (χ3v) is 4.30. The average molecular weight is 411 g/mol. The van der Waals surface area contributed by atoms with E-state index in [4.69, 9.17) is 10.5 Å². The second-order valence-corrected chi connectivity index (χ2v) is 6.46. The Bertz CT molecular complexity index is 929. The highest BCUT2D eigenvalue weighted by molar-refractivity contribution is 5.72. The Morgan fingerprint density at radius 1 is 1.39 bits per heavy atom. The maximum atomic E-state index is 14.3. The van der Waals surface area contributed by atoms with E-state index in [0.29, 0.717) is 4.57 Å². The normalized spacial score (nSPS) is 28.0. The number of fused-ring (bicyclic) bond motifs is 1. The van der Waals surface area contributed by atoms with Gasteiger partial charge in [0, 0.05) is 0 Å². The zero-order valence-electron chi connectivity index (χ0n) is 14.3. The summed E-state index contributed by atoms with van der Waals surface area (Å²) in [5.41, 5.74) is 4.33. The van der Waals surface area contributed by atoms with Crippen LogP contribution in [0, 0.1) is 0 Å². The lowest BCUT2D eigenvalue weighted by Gasteiger charge is -2.22. The van der Waals surface area contributed by atoms with E-state index in [-0.39, 0.29) is 23.7 Å². The van der Waals surface area contributed by atoms with Crippen molar-refractivity contribution in [2.45, 2.75) is 56.5 Å². The molecule has 28 heavy (non-hydrogen) atoms. The number of aromatic nitrogens is 4. The van der Waals surface area contributed by atoms with Crippen LogP contribution in [0.4, 0.5) is 23.5 Å². The SMILES string of the molecule is CC(O)Cn1c(=O)n([C@@H]2O[C@H]([C@@H](O)C(F)(F)F)[C@H](F)[C@H]2O)c2nc(N)ncc21. The first-order valence-corrected chi connectivity index (χ1v) is 8.07. The fourth-order valence-corrected chi connectivity index (χ4v) is 3.06. The first-order chi connectivity index (χ1) is 12.9. The van der Waals surface area contributed by atoms with Gasteiger partial charge in [0.2, 0.25) is 5.95 Å². The van der Waals surface area contributed by atoms with E-state index in [1.807, 2.05) is 0 Å². The molecule has 0 radical (unpaired) electrons. The summed E-state index contributed by atoms with van der Waals surface area (Å²) < 4.78 is 59.0. The predicted octanol–water partition coefficient (Wildman–Crippen LogP) is -0.924. The Balaban J connectivity index is 2.12. The van der Waals surface area contributed by atoms with Crippen molar-refractivity contribution in [3.05, 3.63) is 16.7 Å². The van der Waals surface area contributed by atoms with Crippen LogP contribution in [0.5, 0.6) is 0 Å². The van der Waals surface area contributed by atoms with Gasteiger partial charge in [-0.3, -0.25) is 4.57 Å². The molecule has 0 bridgehead atoms. The van der Waals surface area contributed by atoms with Crippen molar-refractivity contribution < 1.29 is 37.6 Å². The molecule has 1 aliphatic rings. The Hall–Kier alpha value is -2.29. The van der Waals surface area contributed by atoms with E-state index in [1.54, 1.807) is 0 Å². The average Bonchev–Trinajstić information content (AvgIpc) is 3.01. The van der Waals surface area contributed by atoms with Crippen LogP contribution in [0.25, 0.3) is 11.2 Å². The summed E-state index contributed by atoms with van der Waals surface area (Å²) >= 11 is 0. The van der Waals surface area contributed by atoms with Gasteiger partial charge in [-0.1, -0.05) is 0 Å². The summed E-state index contributed by atoms with van der Waals surface area (Å²) in [6, 6.07) is 0. The van der Waals surface area contributed by atoms with Gasteiger partial charge < -0.3 is 25.8 Å². The molecule has 0 aliphatic carbocycles. The van der Waals surface area contributed by atoms with Crippen LogP contribution in [0.2, 0.25) is 0 Å². The van der Waals surface area contributed by atoms with Gasteiger partial charge in [-0.2, -0.15) is 18.2 Å². The molecule has 6 atom stereocenters. The van der Waals surface area contributed by atoms with E-state index >= 15 is 0 Å². The van der Waals surface area contributed by atoms with E-state index < -0.39 is 48.7 Å². The second kappa shape index (κ2) is 6.95. The van der Waals surface area contributed by atoms with Crippen LogP contribution in [-0.4, -0.2) is 71.2 Å². The number of nitrogens with zero attached hydrogens (tertiary/aromatic N) is 4. The summed E-state index contributed by atoms with van der Waals surface area (Å²) in [6.45, 7) is 1.13. The predicted molar refractivity (Wildman–Crippen MR) is 84.8 cm³/mol. The van der Waals surface area contributed by atoms with E-state index in [0.717, 1.165) is 10.8 Å². The highest BCUT2D eigenvalue weighted by atomic mass is 19.4. The highest BCUT2D eigenvalue weighted by Crippen LogP contribution is 2.38. The standard InChI is InChI=1S/C14H17F4N5O5/c1-4(24)3-22-5-2-20-12(19)21-10(5)23(13(22)27)11-7(25)6(15)8(28-11)9(26)14(16,17)18/h2,4,6-9,11,24-26H,3H2,1H3,(H2,19,20,21)/t4?,6-,7-,8+,9-,11-/m1/s1. The van der Waals surface area contributed by atoms with Gasteiger partial charge >= 0.3 is 11.9 Å². The number of anilines is 1. The van der Waals surface area contributed by atoms with Gasteiger partial charge in [-0.05, 0) is 6.92 Å². The molecule has 1 aliphatic heterocycles. The number of nitrogens with two attached hydrogens (primary N) is 1. The molecule has 5 N–H and O–H groups in total. The van der Waals surface area contributed by atoms with Gasteiger partial charge in [0.05, 0.1) is 18.8 Å². The van der Waals surface area contributed by atoms with Gasteiger partial charge in [-0.15, -0.1) is 0 Å². The number of rotatable bonds is 4. The molecule has 14 heteroatoms. The Kier molecular flexibility index (Phi) is 5.07. The minimum Gasteiger partial charge on any atom is -0.392 e. The number of aliphatic hydroxyl groups excluding tert-OH is 3. The summed E-state index contributed by atoms with van der Waals surface area (Å²) in [6.07, 6.45) is -17.5. The second-order valence-electron chi connectivity index (χ2n) is 6.46. The number of ether oxygens (including phenoxy) is 1. The van der Waals surface area contributed by atoms with Crippen molar-refractivity contribution in [1.29, 1.82) is 0 Å². The third-order valence-electron chi connectivity index (χ3n) is 4.30. The maximum absolute atomic E-state index is 14.3. The lowest BCUT2D eigenvalue weighted by atomic mass is 10.1. The zero-order chi connectivity index (χ0) is 21.0. The third kappa shape index (κ3) is 3.32. The number of hydrogen-bond donors (Lipinski definition) is 4. The molecule has 3 heterocycles. The van der Waals surface area contributed by atoms with Crippen LogP contribution < -0.4 is 11.4 Å². The molecule has 156 valence electrons. The zero-order valence-corrected chi connectivity index (χ0v) is 14.3. The van der Waals surface area contributed by atoms with Crippen molar-refractivity contribution in [2.24, 2.45) is 0 Å². The van der Waals surface area contributed by atoms with Gasteiger partial charge in [0.15, 0.2) is 24.2 Å². The fourth-order valence-electron chi connectivity index (χ4n) is 3.06. The van der Waals surface area contributed by atoms with Crippen LogP contribution in [0.1, 0.15) is 13.2 Å². The minimum atomic E-state index is -5.21. The first-order valence-electron chi connectivity index (χ1n) is 8.07. The molecular formula is C14H17F4N5O5. The number of nitrogen functional groups attached to an aromatic ring is 1. The summed E-state index contributed by atoms with van der Waals surface area (Å²) in [7, 11) is 0. The molecule has 0 saturated carbocycles. The smallest absolute Gasteiger partial charge is 0.392 e. The summed E-state index contributed by atoms with van der Waals surface area (Å²) in [4.78, 5) is 20.3. The van der Waals surface area contributed by atoms with E-state index in [1.165, 1.54) is 6.92 Å². The molecule has 1 saturated heterocycles. The molecule has 0 amide bonds. The Morgan fingerprint density at radius 3 is 2.61 bits per heavy atom. The molecule has 3 rings (SSSR count). The fraction of sp³-hybridized carbons (Fsp3) is 0.643. The molecule has 2 aromatic heterocycles. The number of alkyl halides is 4. The largest absolute Gasteiger partial charge is 0.417 e. The molecule has 0 aromatic carbocycles. The van der Waals surface area contributed by atoms with Gasteiger partial charge in [-0.25, -0.2) is 18.7 Å². The van der Waals surface area contributed by atoms with E-state index in [9.17, 15) is 37.7 Å². The molecule has 1 unspecified atom stereocenters.